The SMILES string of the molecule is CCNC(=O)CNc1cccc(C#N)n1. The molecule has 0 aromatic carbocycles. The number of amides is 1. The molecule has 0 bridgehead atoms. The Morgan fingerprint density at radius 3 is 3.07 bits per heavy atom. The van der Waals surface area contributed by atoms with Crippen LogP contribution in [-0.4, -0.2) is 24.0 Å². The predicted octanol–water partition coefficient (Wildman–Crippen LogP) is 0.501. The van der Waals surface area contributed by atoms with Crippen molar-refractivity contribution in [1.29, 1.82) is 5.26 Å². The lowest BCUT2D eigenvalue weighted by atomic mass is 10.3. The number of nitriles is 1. The highest BCUT2D eigenvalue weighted by molar-refractivity contribution is 5.80. The van der Waals surface area contributed by atoms with E-state index >= 15 is 0 Å². The van der Waals surface area contributed by atoms with Gasteiger partial charge in [0.25, 0.3) is 0 Å². The summed E-state index contributed by atoms with van der Waals surface area (Å²) in [6.45, 7) is 2.62. The molecule has 0 radical (unpaired) electrons. The van der Waals surface area contributed by atoms with E-state index in [1.807, 2.05) is 13.0 Å². The molecule has 0 spiro atoms. The zero-order valence-electron chi connectivity index (χ0n) is 8.45. The zero-order chi connectivity index (χ0) is 11.1. The Morgan fingerprint density at radius 2 is 2.40 bits per heavy atom. The summed E-state index contributed by atoms with van der Waals surface area (Å²) < 4.78 is 0. The Labute approximate surface area is 88.1 Å². The van der Waals surface area contributed by atoms with Crippen molar-refractivity contribution in [2.24, 2.45) is 0 Å². The average Bonchev–Trinajstić information content (AvgIpc) is 2.27. The fraction of sp³-hybridized carbons (Fsp3) is 0.300. The van der Waals surface area contributed by atoms with E-state index in [4.69, 9.17) is 5.26 Å². The average molecular weight is 204 g/mol. The molecule has 1 amide bonds. The maximum absolute atomic E-state index is 11.1. The van der Waals surface area contributed by atoms with Crippen LogP contribution in [0.3, 0.4) is 0 Å². The summed E-state index contributed by atoms with van der Waals surface area (Å²) in [5, 5.41) is 14.1. The van der Waals surface area contributed by atoms with Crippen LogP contribution >= 0.6 is 0 Å². The van der Waals surface area contributed by atoms with Gasteiger partial charge in [-0.3, -0.25) is 4.79 Å². The Balaban J connectivity index is 2.51. The topological polar surface area (TPSA) is 77.8 Å². The van der Waals surface area contributed by atoms with Crippen LogP contribution in [0.25, 0.3) is 0 Å². The fourth-order valence-corrected chi connectivity index (χ4v) is 1.03. The molecule has 0 unspecified atom stereocenters. The van der Waals surface area contributed by atoms with Gasteiger partial charge in [-0.05, 0) is 19.1 Å². The summed E-state index contributed by atoms with van der Waals surface area (Å²) in [5.74, 6) is 0.432. The van der Waals surface area contributed by atoms with Gasteiger partial charge < -0.3 is 10.6 Å². The summed E-state index contributed by atoms with van der Waals surface area (Å²) in [6.07, 6.45) is 0. The molecule has 1 aromatic rings. The van der Waals surface area contributed by atoms with Gasteiger partial charge in [-0.25, -0.2) is 4.98 Å². The number of aromatic nitrogens is 1. The number of carbonyl (C=O) groups excluding carboxylic acids is 1. The summed E-state index contributed by atoms with van der Waals surface area (Å²) >= 11 is 0. The van der Waals surface area contributed by atoms with Crippen LogP contribution in [0.4, 0.5) is 5.82 Å². The molecule has 0 saturated heterocycles. The third kappa shape index (κ3) is 3.65. The van der Waals surface area contributed by atoms with E-state index in [2.05, 4.69) is 15.6 Å². The van der Waals surface area contributed by atoms with Gasteiger partial charge in [0.1, 0.15) is 17.6 Å². The summed E-state index contributed by atoms with van der Waals surface area (Å²) in [7, 11) is 0. The van der Waals surface area contributed by atoms with Gasteiger partial charge in [-0.1, -0.05) is 6.07 Å². The number of carbonyl (C=O) groups is 1. The number of hydrogen-bond acceptors (Lipinski definition) is 4. The van der Waals surface area contributed by atoms with Crippen LogP contribution in [0.5, 0.6) is 0 Å². The monoisotopic (exact) mass is 204 g/mol. The number of pyridine rings is 1. The van der Waals surface area contributed by atoms with Crippen molar-refractivity contribution in [3.05, 3.63) is 23.9 Å². The molecule has 0 atom stereocenters. The number of hydrogen-bond donors (Lipinski definition) is 2. The third-order valence-corrected chi connectivity index (χ3v) is 1.67. The third-order valence-electron chi connectivity index (χ3n) is 1.67. The molecule has 78 valence electrons. The molecule has 5 nitrogen and oxygen atoms in total. The molecular formula is C10H12N4O. The number of nitrogens with one attached hydrogen (secondary N) is 2. The largest absolute Gasteiger partial charge is 0.361 e. The number of nitrogens with zero attached hydrogens (tertiary/aromatic N) is 2. The van der Waals surface area contributed by atoms with Crippen LogP contribution in [-0.2, 0) is 4.79 Å². The van der Waals surface area contributed by atoms with Crippen molar-refractivity contribution in [2.45, 2.75) is 6.92 Å². The van der Waals surface area contributed by atoms with Crippen molar-refractivity contribution in [3.8, 4) is 6.07 Å². The lowest BCUT2D eigenvalue weighted by Crippen LogP contribution is -2.29. The highest BCUT2D eigenvalue weighted by atomic mass is 16.1. The number of anilines is 1. The van der Waals surface area contributed by atoms with Gasteiger partial charge in [-0.2, -0.15) is 5.26 Å². The molecule has 1 aromatic heterocycles. The lowest BCUT2D eigenvalue weighted by molar-refractivity contribution is -0.119. The molecule has 5 heteroatoms. The Bertz CT molecular complexity index is 383. The Morgan fingerprint density at radius 1 is 1.60 bits per heavy atom. The van der Waals surface area contributed by atoms with Crippen molar-refractivity contribution >= 4 is 11.7 Å². The second kappa shape index (κ2) is 5.60. The minimum atomic E-state index is -0.0957. The van der Waals surface area contributed by atoms with E-state index in [1.165, 1.54) is 0 Å². The first-order valence-electron chi connectivity index (χ1n) is 4.64. The highest BCUT2D eigenvalue weighted by Crippen LogP contribution is 2.02. The van der Waals surface area contributed by atoms with Crippen molar-refractivity contribution < 1.29 is 4.79 Å². The number of rotatable bonds is 4. The predicted molar refractivity (Wildman–Crippen MR) is 56.1 cm³/mol. The maximum atomic E-state index is 11.1. The van der Waals surface area contributed by atoms with Gasteiger partial charge in [0, 0.05) is 6.54 Å². The van der Waals surface area contributed by atoms with Gasteiger partial charge >= 0.3 is 0 Å². The van der Waals surface area contributed by atoms with Gasteiger partial charge in [0.15, 0.2) is 0 Å². The van der Waals surface area contributed by atoms with Crippen LogP contribution in [0.1, 0.15) is 12.6 Å². The smallest absolute Gasteiger partial charge is 0.239 e. The van der Waals surface area contributed by atoms with Crippen molar-refractivity contribution in [2.75, 3.05) is 18.4 Å². The lowest BCUT2D eigenvalue weighted by Gasteiger charge is -2.05. The van der Waals surface area contributed by atoms with E-state index < -0.39 is 0 Å². The highest BCUT2D eigenvalue weighted by Gasteiger charge is 2.00. The van der Waals surface area contributed by atoms with Crippen LogP contribution < -0.4 is 10.6 Å². The molecule has 0 saturated carbocycles. The zero-order valence-corrected chi connectivity index (χ0v) is 8.45. The first-order valence-corrected chi connectivity index (χ1v) is 4.64. The molecular weight excluding hydrogens is 192 g/mol. The Kier molecular flexibility index (Phi) is 4.10. The van der Waals surface area contributed by atoms with E-state index in [0.29, 0.717) is 18.1 Å². The number of likely N-dealkylation sites (N-methyl/N-ethyl adjacent to an activating group) is 1. The molecule has 0 aliphatic heterocycles. The van der Waals surface area contributed by atoms with Crippen molar-refractivity contribution in [3.63, 3.8) is 0 Å². The van der Waals surface area contributed by atoms with E-state index in [9.17, 15) is 4.79 Å². The summed E-state index contributed by atoms with van der Waals surface area (Å²) in [5.41, 5.74) is 0.330. The van der Waals surface area contributed by atoms with E-state index in [0.717, 1.165) is 0 Å². The molecule has 0 aliphatic carbocycles. The maximum Gasteiger partial charge on any atom is 0.239 e. The second-order valence-corrected chi connectivity index (χ2v) is 2.83. The molecule has 0 aliphatic rings. The first-order chi connectivity index (χ1) is 7.26. The Hall–Kier alpha value is -2.09. The van der Waals surface area contributed by atoms with Crippen LogP contribution in [0, 0.1) is 11.3 Å². The normalized spacial score (nSPS) is 9.07. The first kappa shape index (κ1) is 11.0. The molecule has 1 rings (SSSR count). The van der Waals surface area contributed by atoms with Crippen LogP contribution in [0.2, 0.25) is 0 Å². The minimum Gasteiger partial charge on any atom is -0.361 e. The molecule has 15 heavy (non-hydrogen) atoms. The van der Waals surface area contributed by atoms with E-state index in [-0.39, 0.29) is 12.5 Å². The van der Waals surface area contributed by atoms with E-state index in [1.54, 1.807) is 18.2 Å². The molecule has 1 heterocycles. The minimum absolute atomic E-state index is 0.0957. The van der Waals surface area contributed by atoms with Gasteiger partial charge in [-0.15, -0.1) is 0 Å². The van der Waals surface area contributed by atoms with Crippen molar-refractivity contribution in [1.82, 2.24) is 10.3 Å². The van der Waals surface area contributed by atoms with Gasteiger partial charge in [0.2, 0.25) is 5.91 Å². The molecule has 2 N–H and O–H groups in total. The fourth-order valence-electron chi connectivity index (χ4n) is 1.03. The van der Waals surface area contributed by atoms with Crippen LogP contribution in [0.15, 0.2) is 18.2 Å². The second-order valence-electron chi connectivity index (χ2n) is 2.83. The quantitative estimate of drug-likeness (QED) is 0.748. The summed E-state index contributed by atoms with van der Waals surface area (Å²) in [4.78, 5) is 15.1. The summed E-state index contributed by atoms with van der Waals surface area (Å²) in [6, 6.07) is 6.96. The molecule has 0 fully saturated rings. The standard InChI is InChI=1S/C10H12N4O/c1-2-12-10(15)7-13-9-5-3-4-8(6-11)14-9/h3-5H,2,7H2,1H3,(H,12,15)(H,13,14). The van der Waals surface area contributed by atoms with Gasteiger partial charge in [0.05, 0.1) is 6.54 Å².